The lowest BCUT2D eigenvalue weighted by Gasteiger charge is -2.26. The normalized spacial score (nSPS) is 25.6. The Morgan fingerprint density at radius 1 is 1.61 bits per heavy atom. The number of piperidine rings is 1. The fraction of sp³-hybridized carbons (Fsp3) is 0.538. The van der Waals surface area contributed by atoms with Gasteiger partial charge in [-0.3, -0.25) is 0 Å². The quantitative estimate of drug-likeness (QED) is 0.793. The summed E-state index contributed by atoms with van der Waals surface area (Å²) in [6.45, 7) is 2.75. The minimum absolute atomic E-state index is 0.00859. The van der Waals surface area contributed by atoms with E-state index < -0.39 is 0 Å². The van der Waals surface area contributed by atoms with E-state index in [9.17, 15) is 4.79 Å². The first kappa shape index (κ1) is 11.8. The molecule has 0 radical (unpaired) electrons. The van der Waals surface area contributed by atoms with Crippen LogP contribution in [0.25, 0.3) is 0 Å². The van der Waals surface area contributed by atoms with Gasteiger partial charge in [0.25, 0.3) is 0 Å². The van der Waals surface area contributed by atoms with E-state index in [2.05, 4.69) is 10.3 Å². The number of carbonyl (C=O) groups is 1. The van der Waals surface area contributed by atoms with Crippen molar-refractivity contribution < 1.29 is 4.79 Å². The third-order valence-corrected chi connectivity index (χ3v) is 4.18. The molecule has 2 atom stereocenters. The molecule has 2 unspecified atom stereocenters. The van der Waals surface area contributed by atoms with Gasteiger partial charge in [0.05, 0.1) is 11.9 Å². The molecule has 0 spiro atoms. The van der Waals surface area contributed by atoms with E-state index >= 15 is 0 Å². The maximum Gasteiger partial charge on any atom is 0.322 e. The average Bonchev–Trinajstić information content (AvgIpc) is 3.12. The van der Waals surface area contributed by atoms with Crippen LogP contribution in [0.5, 0.6) is 0 Å². The summed E-state index contributed by atoms with van der Waals surface area (Å²) in [5.41, 5.74) is 1.59. The van der Waals surface area contributed by atoms with Crippen LogP contribution in [0.1, 0.15) is 24.8 Å². The summed E-state index contributed by atoms with van der Waals surface area (Å²) in [6.07, 6.45) is 5.16. The second-order valence-electron chi connectivity index (χ2n) is 5.16. The largest absolute Gasteiger partial charge is 0.322 e. The summed E-state index contributed by atoms with van der Waals surface area (Å²) in [6, 6.07) is 2.31. The number of hydrogen-bond acceptors (Lipinski definition) is 2. The molecular formula is C13H16ClN3O. The number of hydrogen-bond donors (Lipinski definition) is 1. The monoisotopic (exact) mass is 265 g/mol. The number of likely N-dealkylation sites (tertiary alicyclic amines) is 1. The van der Waals surface area contributed by atoms with Crippen molar-refractivity contribution in [3.63, 3.8) is 0 Å². The molecule has 1 saturated carbocycles. The first-order chi connectivity index (χ1) is 8.65. The molecule has 1 saturated heterocycles. The summed E-state index contributed by atoms with van der Waals surface area (Å²) >= 11 is 5.86. The molecule has 18 heavy (non-hydrogen) atoms. The second kappa shape index (κ2) is 4.43. The van der Waals surface area contributed by atoms with Crippen LogP contribution >= 0.6 is 11.6 Å². The highest BCUT2D eigenvalue weighted by molar-refractivity contribution is 6.30. The van der Waals surface area contributed by atoms with Crippen LogP contribution < -0.4 is 5.32 Å². The smallest absolute Gasteiger partial charge is 0.321 e. The van der Waals surface area contributed by atoms with Gasteiger partial charge >= 0.3 is 6.03 Å². The SMILES string of the molecule is Cc1cc(NC(=O)N2CCCC3CC32)cnc1Cl. The lowest BCUT2D eigenvalue weighted by molar-refractivity contribution is 0.195. The molecular weight excluding hydrogens is 250 g/mol. The third kappa shape index (κ3) is 2.17. The van der Waals surface area contributed by atoms with Gasteiger partial charge in [-0.1, -0.05) is 11.6 Å². The zero-order valence-corrected chi connectivity index (χ0v) is 11.1. The van der Waals surface area contributed by atoms with Crippen LogP contribution in [0.4, 0.5) is 10.5 Å². The maximum absolute atomic E-state index is 12.2. The molecule has 2 amide bonds. The third-order valence-electron chi connectivity index (χ3n) is 3.79. The van der Waals surface area contributed by atoms with Crippen molar-refractivity contribution in [2.75, 3.05) is 11.9 Å². The van der Waals surface area contributed by atoms with Crippen LogP contribution in [-0.4, -0.2) is 28.5 Å². The van der Waals surface area contributed by atoms with Crippen molar-refractivity contribution in [3.05, 3.63) is 23.0 Å². The van der Waals surface area contributed by atoms with Crippen LogP contribution in [0.2, 0.25) is 5.15 Å². The molecule has 1 N–H and O–H groups in total. The molecule has 0 bridgehead atoms. The van der Waals surface area contributed by atoms with Crippen molar-refractivity contribution in [2.24, 2.45) is 5.92 Å². The number of nitrogens with zero attached hydrogens (tertiary/aromatic N) is 2. The number of pyridine rings is 1. The van der Waals surface area contributed by atoms with Gasteiger partial charge in [0, 0.05) is 12.6 Å². The number of fused-ring (bicyclic) bond motifs is 1. The minimum atomic E-state index is -0.00859. The molecule has 96 valence electrons. The molecule has 0 aromatic carbocycles. The zero-order valence-electron chi connectivity index (χ0n) is 10.3. The van der Waals surface area contributed by atoms with Gasteiger partial charge in [-0.15, -0.1) is 0 Å². The Hall–Kier alpha value is -1.29. The number of anilines is 1. The Labute approximate surface area is 111 Å². The van der Waals surface area contributed by atoms with Gasteiger partial charge in [-0.25, -0.2) is 9.78 Å². The molecule has 3 rings (SSSR count). The molecule has 1 aromatic rings. The van der Waals surface area contributed by atoms with Crippen molar-refractivity contribution >= 4 is 23.3 Å². The molecule has 2 fully saturated rings. The number of rotatable bonds is 1. The maximum atomic E-state index is 12.2. The van der Waals surface area contributed by atoms with E-state index in [4.69, 9.17) is 11.6 Å². The minimum Gasteiger partial charge on any atom is -0.321 e. The van der Waals surface area contributed by atoms with Gasteiger partial charge in [0.15, 0.2) is 0 Å². The molecule has 5 heteroatoms. The van der Waals surface area contributed by atoms with E-state index in [0.29, 0.717) is 16.9 Å². The first-order valence-electron chi connectivity index (χ1n) is 6.35. The lowest BCUT2D eigenvalue weighted by Crippen LogP contribution is -2.40. The van der Waals surface area contributed by atoms with Crippen LogP contribution in [0.3, 0.4) is 0 Å². The Morgan fingerprint density at radius 3 is 3.22 bits per heavy atom. The fourth-order valence-corrected chi connectivity index (χ4v) is 2.79. The molecule has 2 heterocycles. The number of amides is 2. The number of aryl methyl sites for hydroxylation is 1. The van der Waals surface area contributed by atoms with E-state index in [0.717, 1.165) is 24.4 Å². The average molecular weight is 266 g/mol. The Kier molecular flexibility index (Phi) is 2.90. The number of halogens is 1. The van der Waals surface area contributed by atoms with Gasteiger partial charge in [0.1, 0.15) is 5.15 Å². The highest BCUT2D eigenvalue weighted by Gasteiger charge is 2.45. The first-order valence-corrected chi connectivity index (χ1v) is 6.73. The summed E-state index contributed by atoms with van der Waals surface area (Å²) in [5.74, 6) is 0.745. The highest BCUT2D eigenvalue weighted by Crippen LogP contribution is 2.43. The van der Waals surface area contributed by atoms with Crippen LogP contribution in [0.15, 0.2) is 12.3 Å². The topological polar surface area (TPSA) is 45.2 Å². The Bertz CT molecular complexity index is 491. The van der Waals surface area contributed by atoms with Gasteiger partial charge < -0.3 is 10.2 Å². The Morgan fingerprint density at radius 2 is 2.44 bits per heavy atom. The summed E-state index contributed by atoms with van der Waals surface area (Å²) in [7, 11) is 0. The summed E-state index contributed by atoms with van der Waals surface area (Å²) in [4.78, 5) is 18.1. The molecule has 1 aliphatic heterocycles. The molecule has 1 aliphatic carbocycles. The zero-order chi connectivity index (χ0) is 12.7. The predicted octanol–water partition coefficient (Wildman–Crippen LogP) is 3.06. The van der Waals surface area contributed by atoms with Gasteiger partial charge in [-0.05, 0) is 43.7 Å². The predicted molar refractivity (Wildman–Crippen MR) is 70.8 cm³/mol. The second-order valence-corrected chi connectivity index (χ2v) is 5.52. The number of carbonyl (C=O) groups excluding carboxylic acids is 1. The molecule has 2 aliphatic rings. The van der Waals surface area contributed by atoms with Crippen molar-refractivity contribution in [1.29, 1.82) is 0 Å². The van der Waals surface area contributed by atoms with E-state index in [1.807, 2.05) is 17.9 Å². The Balaban J connectivity index is 1.68. The number of urea groups is 1. The van der Waals surface area contributed by atoms with Gasteiger partial charge in [0.2, 0.25) is 0 Å². The van der Waals surface area contributed by atoms with Crippen molar-refractivity contribution in [3.8, 4) is 0 Å². The van der Waals surface area contributed by atoms with Crippen LogP contribution in [0, 0.1) is 12.8 Å². The van der Waals surface area contributed by atoms with Crippen molar-refractivity contribution in [2.45, 2.75) is 32.2 Å². The molecule has 4 nitrogen and oxygen atoms in total. The fourth-order valence-electron chi connectivity index (χ4n) is 2.69. The lowest BCUT2D eigenvalue weighted by atomic mass is 10.1. The van der Waals surface area contributed by atoms with Crippen molar-refractivity contribution in [1.82, 2.24) is 9.88 Å². The summed E-state index contributed by atoms with van der Waals surface area (Å²) < 4.78 is 0. The standard InChI is InChI=1S/C13H16ClN3O/c1-8-5-10(7-15-12(8)14)16-13(18)17-4-2-3-9-6-11(9)17/h5,7,9,11H,2-4,6H2,1H3,(H,16,18). The molecule has 1 aromatic heterocycles. The highest BCUT2D eigenvalue weighted by atomic mass is 35.5. The van der Waals surface area contributed by atoms with E-state index in [1.165, 1.54) is 12.8 Å². The van der Waals surface area contributed by atoms with E-state index in [1.54, 1.807) is 6.20 Å². The van der Waals surface area contributed by atoms with E-state index in [-0.39, 0.29) is 6.03 Å². The van der Waals surface area contributed by atoms with Gasteiger partial charge in [-0.2, -0.15) is 0 Å². The summed E-state index contributed by atoms with van der Waals surface area (Å²) in [5, 5.41) is 3.38. The number of nitrogens with one attached hydrogen (secondary N) is 1. The van der Waals surface area contributed by atoms with Crippen LogP contribution in [-0.2, 0) is 0 Å². The number of aromatic nitrogens is 1.